The molecule has 32 heavy (non-hydrogen) atoms. The van der Waals surface area contributed by atoms with Crippen LogP contribution in [0.1, 0.15) is 37.1 Å². The molecule has 0 radical (unpaired) electrons. The van der Waals surface area contributed by atoms with Crippen molar-refractivity contribution in [2.75, 3.05) is 20.3 Å². The van der Waals surface area contributed by atoms with Crippen molar-refractivity contribution in [2.45, 2.75) is 45.3 Å². The topological polar surface area (TPSA) is 138 Å². The third-order valence-electron chi connectivity index (χ3n) is 5.41. The van der Waals surface area contributed by atoms with E-state index in [0.717, 1.165) is 12.8 Å². The summed E-state index contributed by atoms with van der Waals surface area (Å²) in [5.74, 6) is -0.512. The summed E-state index contributed by atoms with van der Waals surface area (Å²) >= 11 is 0. The third kappa shape index (κ3) is 5.94. The highest BCUT2D eigenvalue weighted by Gasteiger charge is 2.28. The Balaban J connectivity index is 1.67. The number of methoxy groups -OCH3 is 1. The minimum absolute atomic E-state index is 0.142. The highest BCUT2D eigenvalue weighted by atomic mass is 16.6. The Morgan fingerprint density at radius 2 is 2.09 bits per heavy atom. The summed E-state index contributed by atoms with van der Waals surface area (Å²) in [5.41, 5.74) is 2.48. The first-order chi connectivity index (χ1) is 15.4. The standard InChI is InChI=1S/C21H29N5O6/c1-13-18(32-15-6-4-5-14(11-15)20(27)28)8-7-16(23-13)19-17(26(2)25-24-19)12-22-21(29)31-10-9-30-3/h7-8,14-15H,4-6,9-12H2,1-3H3,(H,22,29)(H,27,28)/t14-,15-/m0/s1. The van der Waals surface area contributed by atoms with Crippen LogP contribution in [-0.4, -0.2) is 63.6 Å². The Morgan fingerprint density at radius 1 is 1.28 bits per heavy atom. The molecule has 0 aliphatic heterocycles. The van der Waals surface area contributed by atoms with Crippen LogP contribution in [0.25, 0.3) is 11.4 Å². The van der Waals surface area contributed by atoms with Gasteiger partial charge in [0, 0.05) is 14.2 Å². The van der Waals surface area contributed by atoms with Crippen molar-refractivity contribution < 1.29 is 28.9 Å². The molecule has 0 bridgehead atoms. The maximum absolute atomic E-state index is 11.8. The van der Waals surface area contributed by atoms with E-state index in [2.05, 4.69) is 20.6 Å². The average molecular weight is 447 g/mol. The van der Waals surface area contributed by atoms with Gasteiger partial charge in [0.05, 0.1) is 42.3 Å². The van der Waals surface area contributed by atoms with E-state index in [0.29, 0.717) is 48.0 Å². The number of aromatic nitrogens is 4. The maximum Gasteiger partial charge on any atom is 0.407 e. The number of pyridine rings is 1. The molecule has 11 nitrogen and oxygen atoms in total. The molecule has 1 fully saturated rings. The first kappa shape index (κ1) is 23.5. The Hall–Kier alpha value is -3.21. The number of carbonyl (C=O) groups is 2. The monoisotopic (exact) mass is 447 g/mol. The van der Waals surface area contributed by atoms with Crippen LogP contribution in [0.2, 0.25) is 0 Å². The predicted molar refractivity (Wildman–Crippen MR) is 113 cm³/mol. The van der Waals surface area contributed by atoms with E-state index < -0.39 is 12.1 Å². The molecule has 0 spiro atoms. The van der Waals surface area contributed by atoms with Gasteiger partial charge in [-0.3, -0.25) is 4.79 Å². The summed E-state index contributed by atoms with van der Waals surface area (Å²) in [6.45, 7) is 2.48. The lowest BCUT2D eigenvalue weighted by molar-refractivity contribution is -0.143. The summed E-state index contributed by atoms with van der Waals surface area (Å²) in [6, 6.07) is 3.59. The number of carboxylic acid groups (broad SMARTS) is 1. The van der Waals surface area contributed by atoms with Gasteiger partial charge in [-0.2, -0.15) is 0 Å². The molecule has 174 valence electrons. The zero-order valence-electron chi connectivity index (χ0n) is 18.5. The van der Waals surface area contributed by atoms with Crippen molar-refractivity contribution in [3.05, 3.63) is 23.5 Å². The molecule has 2 aromatic heterocycles. The Labute approximate surface area is 186 Å². The number of amides is 1. The fourth-order valence-corrected chi connectivity index (χ4v) is 3.66. The first-order valence-electron chi connectivity index (χ1n) is 10.5. The van der Waals surface area contributed by atoms with Crippen molar-refractivity contribution in [1.82, 2.24) is 25.3 Å². The van der Waals surface area contributed by atoms with E-state index in [1.165, 1.54) is 7.11 Å². The molecule has 2 heterocycles. The summed E-state index contributed by atoms with van der Waals surface area (Å²) in [4.78, 5) is 27.7. The van der Waals surface area contributed by atoms with Gasteiger partial charge < -0.3 is 24.6 Å². The number of alkyl carbamates (subject to hydrolysis) is 1. The van der Waals surface area contributed by atoms with Crippen molar-refractivity contribution in [3.63, 3.8) is 0 Å². The Morgan fingerprint density at radius 3 is 2.81 bits per heavy atom. The van der Waals surface area contributed by atoms with E-state index >= 15 is 0 Å². The highest BCUT2D eigenvalue weighted by Crippen LogP contribution is 2.30. The molecule has 0 unspecified atom stereocenters. The molecule has 2 atom stereocenters. The molecule has 1 aliphatic rings. The minimum Gasteiger partial charge on any atom is -0.489 e. The lowest BCUT2D eigenvalue weighted by Gasteiger charge is -2.27. The fourth-order valence-electron chi connectivity index (χ4n) is 3.66. The number of hydrogen-bond acceptors (Lipinski definition) is 8. The SMILES string of the molecule is COCCOC(=O)NCc1c(-c2ccc(O[C@H]3CCC[C@H](C(=O)O)C3)c(C)n2)nnn1C. The van der Waals surface area contributed by atoms with Crippen LogP contribution >= 0.6 is 0 Å². The van der Waals surface area contributed by atoms with Gasteiger partial charge in [0.15, 0.2) is 0 Å². The average Bonchev–Trinajstić information content (AvgIpc) is 3.14. The number of aliphatic carboxylic acids is 1. The molecule has 0 saturated heterocycles. The van der Waals surface area contributed by atoms with Crippen LogP contribution in [0.15, 0.2) is 12.1 Å². The van der Waals surface area contributed by atoms with Gasteiger partial charge in [-0.25, -0.2) is 14.5 Å². The smallest absolute Gasteiger partial charge is 0.407 e. The molecule has 0 aromatic carbocycles. The summed E-state index contributed by atoms with van der Waals surface area (Å²) in [6.07, 6.45) is 2.14. The van der Waals surface area contributed by atoms with Crippen molar-refractivity contribution in [1.29, 1.82) is 0 Å². The van der Waals surface area contributed by atoms with Gasteiger partial charge in [-0.05, 0) is 44.7 Å². The summed E-state index contributed by atoms with van der Waals surface area (Å²) < 4.78 is 17.5. The maximum atomic E-state index is 11.8. The Bertz CT molecular complexity index is 947. The minimum atomic E-state index is -0.769. The van der Waals surface area contributed by atoms with Crippen molar-refractivity contribution in [2.24, 2.45) is 13.0 Å². The molecule has 1 saturated carbocycles. The molecular weight excluding hydrogens is 418 g/mol. The van der Waals surface area contributed by atoms with Gasteiger partial charge >= 0.3 is 12.1 Å². The van der Waals surface area contributed by atoms with Gasteiger partial charge in [-0.15, -0.1) is 5.10 Å². The largest absolute Gasteiger partial charge is 0.489 e. The van der Waals surface area contributed by atoms with Gasteiger partial charge in [0.1, 0.15) is 18.1 Å². The van der Waals surface area contributed by atoms with Crippen LogP contribution in [0.5, 0.6) is 5.75 Å². The van der Waals surface area contributed by atoms with Crippen LogP contribution in [0.4, 0.5) is 4.79 Å². The van der Waals surface area contributed by atoms with Gasteiger partial charge in [-0.1, -0.05) is 5.21 Å². The van der Waals surface area contributed by atoms with Crippen molar-refractivity contribution in [3.8, 4) is 17.1 Å². The fraction of sp³-hybridized carbons (Fsp3) is 0.571. The highest BCUT2D eigenvalue weighted by molar-refractivity contribution is 5.70. The number of carboxylic acids is 1. The summed E-state index contributed by atoms with van der Waals surface area (Å²) in [7, 11) is 3.26. The third-order valence-corrected chi connectivity index (χ3v) is 5.41. The second kappa shape index (κ2) is 10.9. The van der Waals surface area contributed by atoms with E-state index in [4.69, 9.17) is 14.2 Å². The second-order valence-corrected chi connectivity index (χ2v) is 7.71. The lowest BCUT2D eigenvalue weighted by atomic mass is 9.87. The second-order valence-electron chi connectivity index (χ2n) is 7.71. The molecule has 2 aromatic rings. The predicted octanol–water partition coefficient (Wildman–Crippen LogP) is 2.08. The van der Waals surface area contributed by atoms with Crippen LogP contribution < -0.4 is 10.1 Å². The number of carbonyl (C=O) groups excluding carboxylic acids is 1. The first-order valence-corrected chi connectivity index (χ1v) is 10.5. The molecule has 11 heteroatoms. The summed E-state index contributed by atoms with van der Waals surface area (Å²) in [5, 5.41) is 20.2. The zero-order valence-corrected chi connectivity index (χ0v) is 18.5. The quantitative estimate of drug-likeness (QED) is 0.553. The van der Waals surface area contributed by atoms with E-state index in [-0.39, 0.29) is 25.2 Å². The van der Waals surface area contributed by atoms with Crippen LogP contribution in [-0.2, 0) is 27.9 Å². The zero-order chi connectivity index (χ0) is 23.1. The molecular formula is C21H29N5O6. The van der Waals surface area contributed by atoms with Crippen LogP contribution in [0, 0.1) is 12.8 Å². The normalized spacial score (nSPS) is 18.2. The number of nitrogens with zero attached hydrogens (tertiary/aromatic N) is 4. The molecule has 1 amide bonds. The van der Waals surface area contributed by atoms with E-state index in [9.17, 15) is 14.7 Å². The molecule has 1 aliphatic carbocycles. The van der Waals surface area contributed by atoms with Gasteiger partial charge in [0.25, 0.3) is 0 Å². The lowest BCUT2D eigenvalue weighted by Crippen LogP contribution is -2.29. The number of nitrogens with one attached hydrogen (secondary N) is 1. The van der Waals surface area contributed by atoms with Crippen molar-refractivity contribution >= 4 is 12.1 Å². The number of rotatable bonds is 9. The molecule has 3 rings (SSSR count). The molecule has 2 N–H and O–H groups in total. The van der Waals surface area contributed by atoms with E-state index in [1.54, 1.807) is 17.8 Å². The van der Waals surface area contributed by atoms with Gasteiger partial charge in [0.2, 0.25) is 0 Å². The van der Waals surface area contributed by atoms with E-state index in [1.807, 2.05) is 13.0 Å². The number of hydrogen-bond donors (Lipinski definition) is 2. The Kier molecular flexibility index (Phi) is 7.98. The van der Waals surface area contributed by atoms with Crippen LogP contribution in [0.3, 0.4) is 0 Å². The number of ether oxygens (including phenoxy) is 3. The number of aryl methyl sites for hydroxylation is 2.